The molecule has 1 atom stereocenters. The van der Waals surface area contributed by atoms with Gasteiger partial charge in [-0.3, -0.25) is 9.55 Å². The van der Waals surface area contributed by atoms with E-state index in [0.29, 0.717) is 16.0 Å². The molecule has 2 aromatic heterocycles. The van der Waals surface area contributed by atoms with E-state index in [9.17, 15) is 4.39 Å². The smallest absolute Gasteiger partial charge is 0.196 e. The third-order valence-electron chi connectivity index (χ3n) is 4.28. The molecular weight excluding hydrogens is 395 g/mol. The van der Waals surface area contributed by atoms with Gasteiger partial charge in [-0.25, -0.2) is 4.39 Å². The first kappa shape index (κ1) is 18.7. The van der Waals surface area contributed by atoms with Crippen molar-refractivity contribution in [2.24, 2.45) is 0 Å². The Balaban J connectivity index is 1.78. The van der Waals surface area contributed by atoms with E-state index in [2.05, 4.69) is 22.1 Å². The number of benzene rings is 2. The lowest BCUT2D eigenvalue weighted by Gasteiger charge is -2.15. The molecule has 0 N–H and O–H groups in total. The lowest BCUT2D eigenvalue weighted by atomic mass is 10.2. The Morgan fingerprint density at radius 1 is 0.964 bits per heavy atom. The second-order valence-corrected chi connectivity index (χ2v) is 7.85. The quantitative estimate of drug-likeness (QED) is 0.380. The Kier molecular flexibility index (Phi) is 5.41. The Labute approximate surface area is 171 Å². The van der Waals surface area contributed by atoms with Gasteiger partial charge in [-0.1, -0.05) is 41.6 Å². The number of aromatic nitrogens is 4. The average Bonchev–Trinajstić information content (AvgIpc) is 3.13. The molecule has 0 fully saturated rings. The van der Waals surface area contributed by atoms with E-state index in [1.807, 2.05) is 41.0 Å². The molecule has 0 saturated heterocycles. The minimum atomic E-state index is -0.291. The number of rotatable bonds is 5. The molecule has 0 saturated carbocycles. The van der Waals surface area contributed by atoms with E-state index >= 15 is 0 Å². The van der Waals surface area contributed by atoms with Gasteiger partial charge in [0, 0.05) is 33.9 Å². The van der Waals surface area contributed by atoms with E-state index in [1.165, 1.54) is 12.1 Å². The molecule has 0 radical (unpaired) electrons. The third-order valence-corrected chi connectivity index (χ3v) is 5.71. The molecule has 4 rings (SSSR count). The number of pyridine rings is 1. The van der Waals surface area contributed by atoms with Gasteiger partial charge in [0.05, 0.1) is 0 Å². The fraction of sp³-hybridized carbons (Fsp3) is 0.0952. The normalized spacial score (nSPS) is 12.1. The van der Waals surface area contributed by atoms with Crippen molar-refractivity contribution in [2.75, 3.05) is 0 Å². The predicted molar refractivity (Wildman–Crippen MR) is 110 cm³/mol. The Morgan fingerprint density at radius 2 is 1.68 bits per heavy atom. The number of hydrogen-bond donors (Lipinski definition) is 0. The van der Waals surface area contributed by atoms with Gasteiger partial charge in [0.2, 0.25) is 0 Å². The first-order valence-electron chi connectivity index (χ1n) is 8.66. The molecule has 2 heterocycles. The van der Waals surface area contributed by atoms with Gasteiger partial charge in [0.15, 0.2) is 11.0 Å². The van der Waals surface area contributed by atoms with E-state index < -0.39 is 0 Å². The predicted octanol–water partition coefficient (Wildman–Crippen LogP) is 5.98. The van der Waals surface area contributed by atoms with Crippen LogP contribution >= 0.6 is 23.4 Å². The summed E-state index contributed by atoms with van der Waals surface area (Å²) in [7, 11) is 0. The number of thioether (sulfide) groups is 1. The summed E-state index contributed by atoms with van der Waals surface area (Å²) in [5, 5.41) is 10.3. The molecule has 7 heteroatoms. The van der Waals surface area contributed by atoms with E-state index in [-0.39, 0.29) is 11.1 Å². The second-order valence-electron chi connectivity index (χ2n) is 6.14. The molecule has 28 heavy (non-hydrogen) atoms. The highest BCUT2D eigenvalue weighted by atomic mass is 35.5. The topological polar surface area (TPSA) is 43.6 Å². The van der Waals surface area contributed by atoms with Gasteiger partial charge >= 0.3 is 0 Å². The molecule has 140 valence electrons. The van der Waals surface area contributed by atoms with Gasteiger partial charge < -0.3 is 0 Å². The number of hydrogen-bond acceptors (Lipinski definition) is 4. The third kappa shape index (κ3) is 3.79. The summed E-state index contributed by atoms with van der Waals surface area (Å²) < 4.78 is 15.4. The molecular formula is C21H16ClFN4S. The van der Waals surface area contributed by atoms with Crippen LogP contribution in [-0.2, 0) is 0 Å². The van der Waals surface area contributed by atoms with Crippen LogP contribution < -0.4 is 0 Å². The minimum absolute atomic E-state index is 0.0578. The molecule has 0 aliphatic rings. The minimum Gasteiger partial charge on any atom is -0.270 e. The molecule has 1 unspecified atom stereocenters. The van der Waals surface area contributed by atoms with Crippen LogP contribution in [0.1, 0.15) is 17.7 Å². The molecule has 0 spiro atoms. The van der Waals surface area contributed by atoms with Crippen LogP contribution in [0.25, 0.3) is 17.1 Å². The van der Waals surface area contributed by atoms with Gasteiger partial charge in [0.1, 0.15) is 5.82 Å². The van der Waals surface area contributed by atoms with Crippen molar-refractivity contribution in [3.05, 3.63) is 89.5 Å². The van der Waals surface area contributed by atoms with Crippen LogP contribution in [0, 0.1) is 5.82 Å². The fourth-order valence-corrected chi connectivity index (χ4v) is 4.28. The van der Waals surface area contributed by atoms with Crippen LogP contribution in [0.5, 0.6) is 0 Å². The maximum absolute atomic E-state index is 13.5. The first-order valence-corrected chi connectivity index (χ1v) is 9.92. The highest BCUT2D eigenvalue weighted by molar-refractivity contribution is 7.99. The van der Waals surface area contributed by atoms with Crippen LogP contribution in [0.15, 0.2) is 78.2 Å². The monoisotopic (exact) mass is 410 g/mol. The van der Waals surface area contributed by atoms with Crippen LogP contribution in [0.3, 0.4) is 0 Å². The van der Waals surface area contributed by atoms with Gasteiger partial charge in [-0.15, -0.1) is 10.2 Å². The Morgan fingerprint density at radius 3 is 2.39 bits per heavy atom. The van der Waals surface area contributed by atoms with E-state index in [1.54, 1.807) is 36.3 Å². The SMILES string of the molecule is CC(Sc1nnc(-c2ccncc2)n1-c1ccc(F)cc1)c1ccccc1Cl. The summed E-state index contributed by atoms with van der Waals surface area (Å²) in [6.07, 6.45) is 3.41. The van der Waals surface area contributed by atoms with Crippen molar-refractivity contribution in [3.8, 4) is 17.1 Å². The van der Waals surface area contributed by atoms with Crippen molar-refractivity contribution < 1.29 is 4.39 Å². The lowest BCUT2D eigenvalue weighted by Crippen LogP contribution is -2.01. The van der Waals surface area contributed by atoms with Crippen molar-refractivity contribution in [3.63, 3.8) is 0 Å². The van der Waals surface area contributed by atoms with Crippen molar-refractivity contribution in [2.45, 2.75) is 17.3 Å². The zero-order chi connectivity index (χ0) is 19.5. The fourth-order valence-electron chi connectivity index (χ4n) is 2.88. The summed E-state index contributed by atoms with van der Waals surface area (Å²) in [4.78, 5) is 4.06. The second kappa shape index (κ2) is 8.12. The zero-order valence-corrected chi connectivity index (χ0v) is 16.5. The molecule has 0 amide bonds. The van der Waals surface area contributed by atoms with Crippen molar-refractivity contribution >= 4 is 23.4 Å². The Hall–Kier alpha value is -2.70. The number of nitrogens with zero attached hydrogens (tertiary/aromatic N) is 4. The molecule has 0 aliphatic carbocycles. The highest BCUT2D eigenvalue weighted by Gasteiger charge is 2.20. The highest BCUT2D eigenvalue weighted by Crippen LogP contribution is 2.39. The van der Waals surface area contributed by atoms with Crippen molar-refractivity contribution in [1.82, 2.24) is 19.7 Å². The van der Waals surface area contributed by atoms with Crippen LogP contribution in [-0.4, -0.2) is 19.7 Å². The Bertz CT molecular complexity index is 1080. The average molecular weight is 411 g/mol. The van der Waals surface area contributed by atoms with Crippen molar-refractivity contribution in [1.29, 1.82) is 0 Å². The first-order chi connectivity index (χ1) is 13.6. The van der Waals surface area contributed by atoms with E-state index in [0.717, 1.165) is 16.8 Å². The van der Waals surface area contributed by atoms with Crippen LogP contribution in [0.4, 0.5) is 4.39 Å². The maximum atomic E-state index is 13.5. The van der Waals surface area contributed by atoms with Gasteiger partial charge in [-0.2, -0.15) is 0 Å². The molecule has 4 aromatic rings. The molecule has 0 aliphatic heterocycles. The summed E-state index contributed by atoms with van der Waals surface area (Å²) >= 11 is 7.90. The van der Waals surface area contributed by atoms with Crippen LogP contribution in [0.2, 0.25) is 5.02 Å². The molecule has 2 aromatic carbocycles. The van der Waals surface area contributed by atoms with Gasteiger partial charge in [-0.05, 0) is 55.0 Å². The summed E-state index contributed by atoms with van der Waals surface area (Å²) in [6.45, 7) is 2.07. The largest absolute Gasteiger partial charge is 0.270 e. The molecule has 0 bridgehead atoms. The molecule has 4 nitrogen and oxygen atoms in total. The summed E-state index contributed by atoms with van der Waals surface area (Å²) in [5.74, 6) is 0.379. The number of halogens is 2. The maximum Gasteiger partial charge on any atom is 0.196 e. The van der Waals surface area contributed by atoms with Gasteiger partial charge in [0.25, 0.3) is 0 Å². The summed E-state index contributed by atoms with van der Waals surface area (Å²) in [6, 6.07) is 17.8. The lowest BCUT2D eigenvalue weighted by molar-refractivity contribution is 0.627. The summed E-state index contributed by atoms with van der Waals surface area (Å²) in [5.41, 5.74) is 2.68. The standard InChI is InChI=1S/C21H16ClFN4S/c1-14(18-4-2-3-5-19(18)22)28-21-26-25-20(15-10-12-24-13-11-15)27(21)17-8-6-16(23)7-9-17/h2-14H,1H3. The zero-order valence-electron chi connectivity index (χ0n) is 15.0. The van der Waals surface area contributed by atoms with E-state index in [4.69, 9.17) is 11.6 Å².